The van der Waals surface area contributed by atoms with Gasteiger partial charge in [0, 0.05) is 55.3 Å². The Hall–Kier alpha value is -4.31. The Labute approximate surface area is 272 Å². The van der Waals surface area contributed by atoms with Gasteiger partial charge in [-0.3, -0.25) is 9.69 Å². The van der Waals surface area contributed by atoms with Crippen LogP contribution in [0.15, 0.2) is 54.6 Å². The van der Waals surface area contributed by atoms with E-state index in [2.05, 4.69) is 32.7 Å². The van der Waals surface area contributed by atoms with Crippen molar-refractivity contribution in [1.29, 1.82) is 0 Å². The van der Waals surface area contributed by atoms with Crippen LogP contribution < -0.4 is 30.3 Å². The van der Waals surface area contributed by atoms with Crippen molar-refractivity contribution in [3.63, 3.8) is 0 Å². The third kappa shape index (κ3) is 9.36. The van der Waals surface area contributed by atoms with Crippen molar-refractivity contribution in [3.8, 4) is 17.2 Å². The molecule has 0 aliphatic carbocycles. The highest BCUT2D eigenvalue weighted by Gasteiger charge is 2.21. The second-order valence-electron chi connectivity index (χ2n) is 11.6. The first-order valence-corrected chi connectivity index (χ1v) is 16.5. The van der Waals surface area contributed by atoms with Gasteiger partial charge in [0.25, 0.3) is 5.91 Å². The lowest BCUT2D eigenvalue weighted by Gasteiger charge is -2.37. The molecule has 4 rings (SSSR count). The van der Waals surface area contributed by atoms with E-state index in [1.165, 1.54) is 18.9 Å². The molecule has 3 amide bonds. The molecule has 1 fully saturated rings. The zero-order chi connectivity index (χ0) is 33.1. The fourth-order valence-corrected chi connectivity index (χ4v) is 5.50. The number of aryl methyl sites for hydroxylation is 1. The molecule has 1 heterocycles. The molecule has 46 heavy (non-hydrogen) atoms. The van der Waals surface area contributed by atoms with Gasteiger partial charge in [-0.1, -0.05) is 27.2 Å². The monoisotopic (exact) mass is 633 g/mol. The predicted molar refractivity (Wildman–Crippen MR) is 183 cm³/mol. The number of halogens is 1. The first-order valence-electron chi connectivity index (χ1n) is 16.5. The van der Waals surface area contributed by atoms with Crippen LogP contribution in [-0.4, -0.2) is 62.2 Å². The van der Waals surface area contributed by atoms with Crippen LogP contribution in [0.25, 0.3) is 0 Å². The van der Waals surface area contributed by atoms with Crippen LogP contribution in [0, 0.1) is 12.7 Å². The maximum Gasteiger partial charge on any atom is 0.319 e. The van der Waals surface area contributed by atoms with Gasteiger partial charge in [0.15, 0.2) is 11.5 Å². The van der Waals surface area contributed by atoms with E-state index >= 15 is 4.39 Å². The number of rotatable bonds is 14. The van der Waals surface area contributed by atoms with Gasteiger partial charge in [0.1, 0.15) is 11.6 Å². The molecule has 248 valence electrons. The fraction of sp³-hybridized carbons (Fsp3) is 0.444. The summed E-state index contributed by atoms with van der Waals surface area (Å²) in [5.74, 6) is 0.422. The summed E-state index contributed by atoms with van der Waals surface area (Å²) in [6.07, 6.45) is 4.07. The molecule has 3 aromatic rings. The predicted octanol–water partition coefficient (Wildman–Crippen LogP) is 7.81. The van der Waals surface area contributed by atoms with Gasteiger partial charge < -0.3 is 30.3 Å². The summed E-state index contributed by atoms with van der Waals surface area (Å²) in [4.78, 5) is 30.1. The normalized spacial score (nSPS) is 13.4. The lowest BCUT2D eigenvalue weighted by Crippen LogP contribution is -2.46. The maximum atomic E-state index is 15.2. The number of hydrogen-bond acceptors (Lipinski definition) is 6. The Morgan fingerprint density at radius 2 is 1.57 bits per heavy atom. The number of hydrogen-bond donors (Lipinski definition) is 3. The second kappa shape index (κ2) is 16.8. The van der Waals surface area contributed by atoms with E-state index in [1.54, 1.807) is 48.5 Å². The number of nitrogens with one attached hydrogen (secondary N) is 3. The summed E-state index contributed by atoms with van der Waals surface area (Å²) >= 11 is 0. The third-order valence-electron chi connectivity index (χ3n) is 8.23. The average molecular weight is 634 g/mol. The number of ether oxygens (including phenoxy) is 2. The summed E-state index contributed by atoms with van der Waals surface area (Å²) in [6, 6.07) is 15.0. The molecule has 1 aliphatic heterocycles. The molecule has 3 N–H and O–H groups in total. The Morgan fingerprint density at radius 3 is 2.22 bits per heavy atom. The average Bonchev–Trinajstić information content (AvgIpc) is 3.06. The van der Waals surface area contributed by atoms with Crippen LogP contribution in [0.4, 0.5) is 26.2 Å². The lowest BCUT2D eigenvalue weighted by atomic mass is 10.1. The molecule has 1 aliphatic rings. The molecule has 0 bridgehead atoms. The minimum Gasteiger partial charge on any atom is -0.490 e. The van der Waals surface area contributed by atoms with Crippen LogP contribution in [0.3, 0.4) is 0 Å². The van der Waals surface area contributed by atoms with Gasteiger partial charge in [-0.2, -0.15) is 0 Å². The molecule has 9 nitrogen and oxygen atoms in total. The fourth-order valence-electron chi connectivity index (χ4n) is 5.50. The smallest absolute Gasteiger partial charge is 0.319 e. The number of carbonyl (C=O) groups is 2. The second-order valence-corrected chi connectivity index (χ2v) is 11.6. The first-order chi connectivity index (χ1) is 22.2. The molecule has 0 aromatic heterocycles. The van der Waals surface area contributed by atoms with Crippen LogP contribution >= 0.6 is 0 Å². The van der Waals surface area contributed by atoms with Crippen molar-refractivity contribution < 1.29 is 23.5 Å². The maximum absolute atomic E-state index is 15.2. The molecule has 0 spiro atoms. The zero-order valence-electron chi connectivity index (χ0n) is 27.7. The molecule has 3 aromatic carbocycles. The number of urea groups is 1. The van der Waals surface area contributed by atoms with E-state index in [4.69, 9.17) is 9.47 Å². The SMILES string of the molecule is CCCCN1CCN(c2cc(F)c(C(=O)Nc3ccc(Oc4ccc(NC(=O)NC(CC)CC)cc4OCC)cc3)cc2C)CC1. The summed E-state index contributed by atoms with van der Waals surface area (Å²) < 4.78 is 27.1. The minimum atomic E-state index is -0.541. The summed E-state index contributed by atoms with van der Waals surface area (Å²) in [6.45, 7) is 15.2. The number of amides is 3. The Kier molecular flexibility index (Phi) is 12.7. The highest BCUT2D eigenvalue weighted by atomic mass is 19.1. The number of anilines is 3. The van der Waals surface area contributed by atoms with Crippen molar-refractivity contribution in [3.05, 3.63) is 71.5 Å². The van der Waals surface area contributed by atoms with Crippen molar-refractivity contribution in [2.45, 2.75) is 66.3 Å². The van der Waals surface area contributed by atoms with E-state index in [-0.39, 0.29) is 17.6 Å². The van der Waals surface area contributed by atoms with Crippen molar-refractivity contribution >= 4 is 29.0 Å². The molecule has 0 atom stereocenters. The van der Waals surface area contributed by atoms with Crippen LogP contribution in [-0.2, 0) is 0 Å². The number of benzene rings is 3. The van der Waals surface area contributed by atoms with Gasteiger partial charge in [-0.15, -0.1) is 0 Å². The van der Waals surface area contributed by atoms with Gasteiger partial charge in [-0.25, -0.2) is 9.18 Å². The Morgan fingerprint density at radius 1 is 0.870 bits per heavy atom. The van der Waals surface area contributed by atoms with E-state index in [0.29, 0.717) is 35.2 Å². The van der Waals surface area contributed by atoms with Crippen molar-refractivity contribution in [2.75, 3.05) is 54.9 Å². The van der Waals surface area contributed by atoms with Gasteiger partial charge in [0.05, 0.1) is 12.2 Å². The first kappa shape index (κ1) is 34.6. The van der Waals surface area contributed by atoms with Gasteiger partial charge in [0.2, 0.25) is 0 Å². The van der Waals surface area contributed by atoms with E-state index in [0.717, 1.165) is 56.8 Å². The quantitative estimate of drug-likeness (QED) is 0.168. The number of carbonyl (C=O) groups excluding carboxylic acids is 2. The molecule has 10 heteroatoms. The highest BCUT2D eigenvalue weighted by molar-refractivity contribution is 6.05. The molecular weight excluding hydrogens is 585 g/mol. The molecule has 0 radical (unpaired) electrons. The van der Waals surface area contributed by atoms with E-state index in [1.807, 2.05) is 27.7 Å². The summed E-state index contributed by atoms with van der Waals surface area (Å²) in [7, 11) is 0. The molecular formula is C36H48FN5O4. The molecule has 1 saturated heterocycles. The van der Waals surface area contributed by atoms with E-state index in [9.17, 15) is 9.59 Å². The van der Waals surface area contributed by atoms with Crippen molar-refractivity contribution in [2.24, 2.45) is 0 Å². The Bertz CT molecular complexity index is 1450. The standard InChI is InChI=1S/C36H48FN5O4/c1-6-10-17-41-18-20-42(21-19-41)32-24-31(37)30(22-25(32)5)35(43)38-27-11-14-29(15-12-27)46-33-16-13-28(23-34(33)45-9-4)40-36(44)39-26(7-2)8-3/h11-16,22-24,26H,6-10,17-21H2,1-5H3,(H,38,43)(H2,39,40,44). The van der Waals surface area contributed by atoms with Crippen molar-refractivity contribution in [1.82, 2.24) is 10.2 Å². The highest BCUT2D eigenvalue weighted by Crippen LogP contribution is 2.35. The molecule has 0 unspecified atom stereocenters. The molecule has 0 saturated carbocycles. The summed E-state index contributed by atoms with van der Waals surface area (Å²) in [5, 5.41) is 8.59. The van der Waals surface area contributed by atoms with Crippen LogP contribution in [0.1, 0.15) is 69.3 Å². The Balaban J connectivity index is 1.37. The minimum absolute atomic E-state index is 0.00630. The lowest BCUT2D eigenvalue weighted by molar-refractivity contribution is 0.102. The van der Waals surface area contributed by atoms with Gasteiger partial charge in [-0.05, 0) is 93.7 Å². The van der Waals surface area contributed by atoms with E-state index < -0.39 is 11.7 Å². The van der Waals surface area contributed by atoms with Crippen LogP contribution in [0.5, 0.6) is 17.2 Å². The number of piperazine rings is 1. The topological polar surface area (TPSA) is 95.2 Å². The third-order valence-corrected chi connectivity index (χ3v) is 8.23. The van der Waals surface area contributed by atoms with Crippen LogP contribution in [0.2, 0.25) is 0 Å². The van der Waals surface area contributed by atoms with Gasteiger partial charge >= 0.3 is 6.03 Å². The summed E-state index contributed by atoms with van der Waals surface area (Å²) in [5.41, 5.74) is 2.81. The zero-order valence-corrected chi connectivity index (χ0v) is 27.7. The largest absolute Gasteiger partial charge is 0.490 e. The number of nitrogens with zero attached hydrogens (tertiary/aromatic N) is 2. The number of unbranched alkanes of at least 4 members (excludes halogenated alkanes) is 1.